The van der Waals surface area contributed by atoms with Crippen molar-refractivity contribution in [1.29, 1.82) is 0 Å². The summed E-state index contributed by atoms with van der Waals surface area (Å²) in [6.07, 6.45) is 0.941. The Morgan fingerprint density at radius 3 is 3.00 bits per heavy atom. The number of thiophene rings is 1. The first kappa shape index (κ1) is 9.15. The van der Waals surface area contributed by atoms with E-state index in [2.05, 4.69) is 40.1 Å². The summed E-state index contributed by atoms with van der Waals surface area (Å²) in [6.45, 7) is 1.98. The normalized spacial score (nSPS) is 10.6. The molecule has 0 N–H and O–H groups in total. The molecule has 13 heavy (non-hydrogen) atoms. The van der Waals surface area contributed by atoms with Crippen molar-refractivity contribution in [2.75, 3.05) is 0 Å². The summed E-state index contributed by atoms with van der Waals surface area (Å²) in [5.41, 5.74) is 1.89. The number of hydrogen-bond acceptors (Lipinski definition) is 2. The zero-order valence-electron chi connectivity index (χ0n) is 7.00. The highest BCUT2D eigenvalue weighted by Gasteiger charge is 2.08. The van der Waals surface area contributed by atoms with E-state index in [1.54, 1.807) is 11.3 Å². The van der Waals surface area contributed by atoms with Crippen molar-refractivity contribution < 1.29 is 4.79 Å². The van der Waals surface area contributed by atoms with Crippen LogP contribution in [0.2, 0.25) is 0 Å². The Morgan fingerprint density at radius 1 is 1.54 bits per heavy atom. The number of rotatable bonds is 1. The highest BCUT2D eigenvalue weighted by molar-refractivity contribution is 14.1. The minimum Gasteiger partial charge on any atom is -0.298 e. The predicted molar refractivity (Wildman–Crippen MR) is 64.7 cm³/mol. The van der Waals surface area contributed by atoms with E-state index in [0.29, 0.717) is 0 Å². The average Bonchev–Trinajstić information content (AvgIpc) is 2.53. The maximum absolute atomic E-state index is 10.8. The van der Waals surface area contributed by atoms with Crippen LogP contribution < -0.4 is 0 Å². The second kappa shape index (κ2) is 3.38. The second-order valence-electron chi connectivity index (χ2n) is 2.88. The molecular formula is C10H7IOS. The summed E-state index contributed by atoms with van der Waals surface area (Å²) in [4.78, 5) is 10.8. The fourth-order valence-corrected chi connectivity index (χ4v) is 3.43. The quantitative estimate of drug-likeness (QED) is 0.581. The Balaban J connectivity index is 2.92. The van der Waals surface area contributed by atoms with E-state index in [1.807, 2.05) is 6.92 Å². The van der Waals surface area contributed by atoms with Crippen molar-refractivity contribution in [1.82, 2.24) is 0 Å². The van der Waals surface area contributed by atoms with Gasteiger partial charge in [0.1, 0.15) is 0 Å². The molecule has 0 unspecified atom stereocenters. The lowest BCUT2D eigenvalue weighted by Crippen LogP contribution is -1.90. The lowest BCUT2D eigenvalue weighted by molar-refractivity contribution is 0.112. The summed E-state index contributed by atoms with van der Waals surface area (Å²) in [5.74, 6) is 0. The SMILES string of the molecule is Cc1cc2ccsc2c(I)c1C=O. The molecule has 1 heterocycles. The molecule has 0 aliphatic carbocycles. The average molecular weight is 302 g/mol. The fourth-order valence-electron chi connectivity index (χ4n) is 1.36. The van der Waals surface area contributed by atoms with Crippen LogP contribution in [0.4, 0.5) is 0 Å². The Labute approximate surface area is 93.9 Å². The Morgan fingerprint density at radius 2 is 2.31 bits per heavy atom. The van der Waals surface area contributed by atoms with Gasteiger partial charge >= 0.3 is 0 Å². The molecule has 3 heteroatoms. The van der Waals surface area contributed by atoms with Gasteiger partial charge < -0.3 is 0 Å². The van der Waals surface area contributed by atoms with Gasteiger partial charge in [-0.3, -0.25) is 4.79 Å². The maximum Gasteiger partial charge on any atom is 0.151 e. The van der Waals surface area contributed by atoms with Crippen LogP contribution in [0.15, 0.2) is 17.5 Å². The Kier molecular flexibility index (Phi) is 2.38. The van der Waals surface area contributed by atoms with Crippen molar-refractivity contribution in [3.63, 3.8) is 0 Å². The molecule has 66 valence electrons. The van der Waals surface area contributed by atoms with Gasteiger partial charge in [0.25, 0.3) is 0 Å². The summed E-state index contributed by atoms with van der Waals surface area (Å²) in [6, 6.07) is 4.15. The smallest absolute Gasteiger partial charge is 0.151 e. The molecule has 1 aromatic heterocycles. The highest BCUT2D eigenvalue weighted by atomic mass is 127. The molecule has 1 aromatic carbocycles. The molecule has 2 aromatic rings. The number of fused-ring (bicyclic) bond motifs is 1. The molecule has 1 nitrogen and oxygen atoms in total. The summed E-state index contributed by atoms with van der Waals surface area (Å²) >= 11 is 3.93. The lowest BCUT2D eigenvalue weighted by Gasteiger charge is -2.02. The van der Waals surface area contributed by atoms with E-state index in [-0.39, 0.29) is 0 Å². The summed E-state index contributed by atoms with van der Waals surface area (Å²) in [7, 11) is 0. The molecule has 0 saturated heterocycles. The number of aldehydes is 1. The number of carbonyl (C=O) groups is 1. The molecule has 0 radical (unpaired) electrons. The number of hydrogen-bond donors (Lipinski definition) is 0. The maximum atomic E-state index is 10.8. The van der Waals surface area contributed by atoms with Gasteiger partial charge in [-0.05, 0) is 58.0 Å². The van der Waals surface area contributed by atoms with Gasteiger partial charge in [-0.1, -0.05) is 0 Å². The molecule has 0 aliphatic rings. The van der Waals surface area contributed by atoms with Crippen LogP contribution in [0.3, 0.4) is 0 Å². The number of aryl methyl sites for hydroxylation is 1. The van der Waals surface area contributed by atoms with E-state index in [4.69, 9.17) is 0 Å². The van der Waals surface area contributed by atoms with Crippen molar-refractivity contribution >= 4 is 50.3 Å². The molecule has 0 saturated carbocycles. The van der Waals surface area contributed by atoms with Crippen molar-refractivity contribution in [3.05, 3.63) is 32.2 Å². The lowest BCUT2D eigenvalue weighted by atomic mass is 10.1. The Bertz CT molecular complexity index is 473. The van der Waals surface area contributed by atoms with Crippen molar-refractivity contribution in [2.24, 2.45) is 0 Å². The molecular weight excluding hydrogens is 295 g/mol. The predicted octanol–water partition coefficient (Wildman–Crippen LogP) is 3.63. The van der Waals surface area contributed by atoms with Crippen LogP contribution >= 0.6 is 33.9 Å². The summed E-state index contributed by atoms with van der Waals surface area (Å²) < 4.78 is 2.30. The number of halogens is 1. The molecule has 0 atom stereocenters. The molecule has 0 bridgehead atoms. The van der Waals surface area contributed by atoms with E-state index in [0.717, 1.165) is 21.0 Å². The van der Waals surface area contributed by atoms with Gasteiger partial charge in [-0.2, -0.15) is 0 Å². The first-order chi connectivity index (χ1) is 6.24. The minimum absolute atomic E-state index is 0.829. The summed E-state index contributed by atoms with van der Waals surface area (Å²) in [5, 5.41) is 3.29. The van der Waals surface area contributed by atoms with Crippen LogP contribution in [0, 0.1) is 10.5 Å². The number of benzene rings is 1. The fraction of sp³-hybridized carbons (Fsp3) is 0.100. The topological polar surface area (TPSA) is 17.1 Å². The van der Waals surface area contributed by atoms with E-state index in [9.17, 15) is 4.79 Å². The van der Waals surface area contributed by atoms with Gasteiger partial charge in [0.15, 0.2) is 6.29 Å². The first-order valence-corrected chi connectivity index (χ1v) is 5.81. The van der Waals surface area contributed by atoms with Crippen LogP contribution in [-0.2, 0) is 0 Å². The largest absolute Gasteiger partial charge is 0.298 e. The van der Waals surface area contributed by atoms with Gasteiger partial charge in [0.2, 0.25) is 0 Å². The molecule has 0 fully saturated rings. The van der Waals surface area contributed by atoms with Gasteiger partial charge in [-0.15, -0.1) is 11.3 Å². The standard InChI is InChI=1S/C10H7IOS/c1-6-4-7-2-3-13-10(7)9(11)8(6)5-12/h2-5H,1H3. The molecule has 0 amide bonds. The third-order valence-electron chi connectivity index (χ3n) is 2.05. The zero-order valence-corrected chi connectivity index (χ0v) is 9.98. The highest BCUT2D eigenvalue weighted by Crippen LogP contribution is 2.30. The molecule has 2 rings (SSSR count). The van der Waals surface area contributed by atoms with Gasteiger partial charge in [-0.25, -0.2) is 0 Å². The van der Waals surface area contributed by atoms with E-state index >= 15 is 0 Å². The van der Waals surface area contributed by atoms with E-state index in [1.165, 1.54) is 10.1 Å². The van der Waals surface area contributed by atoms with Gasteiger partial charge in [0, 0.05) is 13.8 Å². The zero-order chi connectivity index (χ0) is 9.42. The third-order valence-corrected chi connectivity index (χ3v) is 4.48. The van der Waals surface area contributed by atoms with Crippen LogP contribution in [-0.4, -0.2) is 6.29 Å². The minimum atomic E-state index is 0.829. The third kappa shape index (κ3) is 1.40. The second-order valence-corrected chi connectivity index (χ2v) is 4.87. The van der Waals surface area contributed by atoms with Crippen LogP contribution in [0.5, 0.6) is 0 Å². The van der Waals surface area contributed by atoms with Crippen LogP contribution in [0.25, 0.3) is 10.1 Å². The van der Waals surface area contributed by atoms with Crippen LogP contribution in [0.1, 0.15) is 15.9 Å². The van der Waals surface area contributed by atoms with E-state index < -0.39 is 0 Å². The Hall–Kier alpha value is -0.420. The first-order valence-electron chi connectivity index (χ1n) is 3.85. The van der Waals surface area contributed by atoms with Crippen molar-refractivity contribution in [3.8, 4) is 0 Å². The number of carbonyl (C=O) groups excluding carboxylic acids is 1. The molecule has 0 spiro atoms. The van der Waals surface area contributed by atoms with Gasteiger partial charge in [0.05, 0.1) is 0 Å². The van der Waals surface area contributed by atoms with Crippen molar-refractivity contribution in [2.45, 2.75) is 6.92 Å². The molecule has 0 aliphatic heterocycles. The monoisotopic (exact) mass is 302 g/mol.